The van der Waals surface area contributed by atoms with Gasteiger partial charge in [-0.05, 0) is 6.92 Å². The van der Waals surface area contributed by atoms with Crippen molar-refractivity contribution in [3.05, 3.63) is 27.9 Å². The van der Waals surface area contributed by atoms with Crippen LogP contribution in [0, 0.1) is 10.1 Å². The minimum Gasteiger partial charge on any atom is -0.464 e. The maximum absolute atomic E-state index is 11.2. The molecule has 9 nitrogen and oxygen atoms in total. The smallest absolute Gasteiger partial charge is 0.338 e. The predicted molar refractivity (Wildman–Crippen MR) is 62.9 cm³/mol. The molecule has 0 radical (unpaired) electrons. The minimum atomic E-state index is -1.86. The fourth-order valence-corrected chi connectivity index (χ4v) is 1.33. The van der Waals surface area contributed by atoms with Crippen LogP contribution in [0.4, 0.5) is 11.5 Å². The van der Waals surface area contributed by atoms with Gasteiger partial charge in [-0.1, -0.05) is 0 Å². The molecule has 9 heteroatoms. The third kappa shape index (κ3) is 3.36. The molecule has 1 aromatic heterocycles. The maximum atomic E-state index is 11.2. The molecule has 0 aliphatic rings. The van der Waals surface area contributed by atoms with Gasteiger partial charge in [0.2, 0.25) is 5.82 Å². The van der Waals surface area contributed by atoms with Crippen LogP contribution in [0.2, 0.25) is 0 Å². The summed E-state index contributed by atoms with van der Waals surface area (Å²) in [5, 5.41) is 29.9. The Morgan fingerprint density at radius 3 is 2.79 bits per heavy atom. The van der Waals surface area contributed by atoms with Gasteiger partial charge in [-0.25, -0.2) is 9.78 Å². The number of nitrogen functional groups attached to an aromatic ring is 1. The second kappa shape index (κ2) is 6.07. The van der Waals surface area contributed by atoms with Crippen LogP contribution >= 0.6 is 0 Å². The summed E-state index contributed by atoms with van der Waals surface area (Å²) >= 11 is 0. The van der Waals surface area contributed by atoms with Crippen LogP contribution in [0.25, 0.3) is 0 Å². The Bertz CT molecular complexity index is 492. The molecule has 4 N–H and O–H groups in total. The third-order valence-corrected chi connectivity index (χ3v) is 2.28. The normalized spacial score (nSPS) is 13.6. The number of nitrogens with zero attached hydrogens (tertiary/aromatic N) is 2. The van der Waals surface area contributed by atoms with Gasteiger partial charge in [0.25, 0.3) is 0 Å². The van der Waals surface area contributed by atoms with E-state index < -0.39 is 28.8 Å². The number of aliphatic hydroxyl groups is 2. The van der Waals surface area contributed by atoms with E-state index in [0.717, 1.165) is 12.3 Å². The lowest BCUT2D eigenvalue weighted by Crippen LogP contribution is -2.30. The zero-order valence-corrected chi connectivity index (χ0v) is 10.0. The number of pyridine rings is 1. The number of hydrogen-bond donors (Lipinski definition) is 3. The van der Waals surface area contributed by atoms with Gasteiger partial charge < -0.3 is 20.7 Å². The number of hydrogen-bond acceptors (Lipinski definition) is 8. The van der Waals surface area contributed by atoms with E-state index in [-0.39, 0.29) is 18.0 Å². The van der Waals surface area contributed by atoms with E-state index in [1.54, 1.807) is 0 Å². The summed E-state index contributed by atoms with van der Waals surface area (Å²) in [5.74, 6) is -1.36. The summed E-state index contributed by atoms with van der Waals surface area (Å²) in [6, 6.07) is 0.940. The van der Waals surface area contributed by atoms with E-state index >= 15 is 0 Å². The summed E-state index contributed by atoms with van der Waals surface area (Å²) in [4.78, 5) is 24.6. The van der Waals surface area contributed by atoms with Gasteiger partial charge in [-0.2, -0.15) is 0 Å². The Labute approximate surface area is 107 Å². The van der Waals surface area contributed by atoms with Crippen LogP contribution < -0.4 is 5.73 Å². The maximum Gasteiger partial charge on any atom is 0.338 e. The number of rotatable bonds is 5. The molecule has 104 valence electrons. The number of aliphatic hydroxyl groups excluding tert-OH is 2. The van der Waals surface area contributed by atoms with Crippen molar-refractivity contribution in [3.8, 4) is 0 Å². The molecule has 2 unspecified atom stereocenters. The molecule has 0 saturated heterocycles. The molecule has 19 heavy (non-hydrogen) atoms. The fraction of sp³-hybridized carbons (Fsp3) is 0.400. The van der Waals surface area contributed by atoms with Crippen molar-refractivity contribution in [2.75, 3.05) is 12.3 Å². The van der Waals surface area contributed by atoms with Crippen molar-refractivity contribution in [3.63, 3.8) is 0 Å². The van der Waals surface area contributed by atoms with Crippen molar-refractivity contribution in [1.29, 1.82) is 0 Å². The summed E-state index contributed by atoms with van der Waals surface area (Å²) in [5.41, 5.74) is 4.66. The SMILES string of the molecule is CCOC(=O)C(O)C(O)c1cnc(N)c([N+](=O)[O-])c1. The lowest BCUT2D eigenvalue weighted by atomic mass is 10.1. The van der Waals surface area contributed by atoms with Crippen molar-refractivity contribution in [2.24, 2.45) is 0 Å². The largest absolute Gasteiger partial charge is 0.464 e. The Balaban J connectivity index is 3.00. The van der Waals surface area contributed by atoms with Crippen LogP contribution in [0.1, 0.15) is 18.6 Å². The number of ether oxygens (including phenoxy) is 1. The zero-order valence-electron chi connectivity index (χ0n) is 10.0. The summed E-state index contributed by atoms with van der Waals surface area (Å²) in [6.07, 6.45) is -2.51. The quantitative estimate of drug-likeness (QED) is 0.369. The average molecular weight is 271 g/mol. The molecule has 0 aliphatic carbocycles. The van der Waals surface area contributed by atoms with E-state index in [2.05, 4.69) is 9.72 Å². The van der Waals surface area contributed by atoms with Crippen LogP contribution in [0.3, 0.4) is 0 Å². The number of carbonyl (C=O) groups excluding carboxylic acids is 1. The highest BCUT2D eigenvalue weighted by atomic mass is 16.6. The van der Waals surface area contributed by atoms with E-state index in [1.807, 2.05) is 0 Å². The Morgan fingerprint density at radius 1 is 1.63 bits per heavy atom. The van der Waals surface area contributed by atoms with Gasteiger partial charge >= 0.3 is 11.7 Å². The number of anilines is 1. The number of nitrogens with two attached hydrogens (primary N) is 1. The molecule has 0 fully saturated rings. The highest BCUT2D eigenvalue weighted by molar-refractivity contribution is 5.75. The summed E-state index contributed by atoms with van der Waals surface area (Å²) < 4.78 is 4.52. The van der Waals surface area contributed by atoms with Crippen LogP contribution in [-0.2, 0) is 9.53 Å². The van der Waals surface area contributed by atoms with Crippen LogP contribution in [0.15, 0.2) is 12.3 Å². The standard InChI is InChI=1S/C10H13N3O6/c1-2-19-10(16)8(15)7(14)5-3-6(13(17)18)9(11)12-4-5/h3-4,7-8,14-15H,2H2,1H3,(H2,11,12). The van der Waals surface area contributed by atoms with Crippen molar-refractivity contribution >= 4 is 17.5 Å². The van der Waals surface area contributed by atoms with Gasteiger partial charge in [0, 0.05) is 17.8 Å². The number of carbonyl (C=O) groups is 1. The third-order valence-electron chi connectivity index (χ3n) is 2.28. The number of nitro groups is 1. The van der Waals surface area contributed by atoms with E-state index in [1.165, 1.54) is 6.92 Å². The molecule has 0 bridgehead atoms. The predicted octanol–water partition coefficient (Wildman–Crippen LogP) is -0.471. The first-order valence-corrected chi connectivity index (χ1v) is 5.31. The van der Waals surface area contributed by atoms with Gasteiger partial charge in [0.15, 0.2) is 6.10 Å². The molecule has 1 rings (SSSR count). The first-order valence-electron chi connectivity index (χ1n) is 5.31. The molecule has 0 aliphatic heterocycles. The molecule has 2 atom stereocenters. The Kier molecular flexibility index (Phi) is 4.73. The molecule has 1 heterocycles. The topological polar surface area (TPSA) is 149 Å². The lowest BCUT2D eigenvalue weighted by Gasteiger charge is -2.16. The molecular formula is C10H13N3O6. The van der Waals surface area contributed by atoms with E-state index in [4.69, 9.17) is 5.73 Å². The van der Waals surface area contributed by atoms with Crippen LogP contribution in [0.5, 0.6) is 0 Å². The first kappa shape index (κ1) is 14.8. The molecule has 1 aromatic rings. The molecule has 0 amide bonds. The fourth-order valence-electron chi connectivity index (χ4n) is 1.33. The summed E-state index contributed by atoms with van der Waals surface area (Å²) in [7, 11) is 0. The Morgan fingerprint density at radius 2 is 2.26 bits per heavy atom. The lowest BCUT2D eigenvalue weighted by molar-refractivity contribution is -0.384. The highest BCUT2D eigenvalue weighted by Crippen LogP contribution is 2.25. The van der Waals surface area contributed by atoms with E-state index in [0.29, 0.717) is 0 Å². The van der Waals surface area contributed by atoms with Gasteiger partial charge in [0.1, 0.15) is 6.10 Å². The second-order valence-corrected chi connectivity index (χ2v) is 3.57. The average Bonchev–Trinajstić information content (AvgIpc) is 2.37. The summed E-state index contributed by atoms with van der Waals surface area (Å²) in [6.45, 7) is 1.56. The van der Waals surface area contributed by atoms with Crippen molar-refractivity contribution in [1.82, 2.24) is 4.98 Å². The monoisotopic (exact) mass is 271 g/mol. The Hall–Kier alpha value is -2.26. The van der Waals surface area contributed by atoms with E-state index in [9.17, 15) is 25.1 Å². The van der Waals surface area contributed by atoms with Crippen LogP contribution in [-0.4, -0.2) is 38.8 Å². The zero-order chi connectivity index (χ0) is 14.6. The molecule has 0 aromatic carbocycles. The molecule has 0 spiro atoms. The minimum absolute atomic E-state index is 0.0305. The molecule has 0 saturated carbocycles. The van der Waals surface area contributed by atoms with Crippen molar-refractivity contribution in [2.45, 2.75) is 19.1 Å². The van der Waals surface area contributed by atoms with Gasteiger partial charge in [-0.3, -0.25) is 10.1 Å². The van der Waals surface area contributed by atoms with Gasteiger partial charge in [0.05, 0.1) is 11.5 Å². The first-order chi connectivity index (χ1) is 8.88. The van der Waals surface area contributed by atoms with Gasteiger partial charge in [-0.15, -0.1) is 0 Å². The molecular weight excluding hydrogens is 258 g/mol. The highest BCUT2D eigenvalue weighted by Gasteiger charge is 2.29. The number of aromatic nitrogens is 1. The number of esters is 1. The van der Waals surface area contributed by atoms with Crippen molar-refractivity contribution < 1.29 is 24.7 Å². The second-order valence-electron chi connectivity index (χ2n) is 3.57.